The summed E-state index contributed by atoms with van der Waals surface area (Å²) in [7, 11) is 1.71. The summed E-state index contributed by atoms with van der Waals surface area (Å²) < 4.78 is 5.34. The third-order valence-electron chi connectivity index (χ3n) is 7.84. The van der Waals surface area contributed by atoms with E-state index in [-0.39, 0.29) is 23.1 Å². The van der Waals surface area contributed by atoms with Crippen LogP contribution in [0.25, 0.3) is 5.70 Å². The van der Waals surface area contributed by atoms with Crippen LogP contribution in [-0.2, 0) is 14.9 Å². The van der Waals surface area contributed by atoms with Crippen LogP contribution in [0.1, 0.15) is 58.2 Å². The van der Waals surface area contributed by atoms with Gasteiger partial charge in [-0.25, -0.2) is 0 Å². The van der Waals surface area contributed by atoms with E-state index in [4.69, 9.17) is 4.74 Å². The summed E-state index contributed by atoms with van der Waals surface area (Å²) in [6.07, 6.45) is 1.02. The minimum absolute atomic E-state index is 0.00738. The van der Waals surface area contributed by atoms with Crippen LogP contribution in [0.2, 0.25) is 0 Å². The maximum absolute atomic E-state index is 13.1. The standard InChI is InChI=1S/C34H39N5O4/c1-22-27(7-6-8-28(22)37-31(40)23-9-13-25(14-10-23)34(2,3)4)29-21-38(5)33(42)30(36-29)35-26-15-11-24(12-16-26)32(41)39-17-19-43-20-18-39/h6-16,21,30,35-36H,17-20H2,1-5H3,(H,37,40). The van der Waals surface area contributed by atoms with E-state index in [1.54, 1.807) is 47.3 Å². The molecule has 224 valence electrons. The molecule has 43 heavy (non-hydrogen) atoms. The molecule has 3 amide bonds. The van der Waals surface area contributed by atoms with Gasteiger partial charge in [-0.05, 0) is 65.9 Å². The SMILES string of the molecule is Cc1c(NC(=O)c2ccc(C(C)(C)C)cc2)cccc1C1=CN(C)C(=O)C(Nc2ccc(C(=O)N3CCOCC3)cc2)N1. The summed E-state index contributed by atoms with van der Waals surface area (Å²) in [5.41, 5.74) is 6.20. The van der Waals surface area contributed by atoms with E-state index in [1.807, 2.05) is 49.4 Å². The van der Waals surface area contributed by atoms with Crippen LogP contribution in [-0.4, -0.2) is 67.0 Å². The normalized spacial score (nSPS) is 17.2. The quantitative estimate of drug-likeness (QED) is 0.386. The molecule has 0 bridgehead atoms. The van der Waals surface area contributed by atoms with E-state index >= 15 is 0 Å². The summed E-state index contributed by atoms with van der Waals surface area (Å²) in [4.78, 5) is 42.3. The molecule has 9 nitrogen and oxygen atoms in total. The van der Waals surface area contributed by atoms with E-state index in [1.165, 1.54) is 0 Å². The average molecular weight is 582 g/mol. The molecule has 0 radical (unpaired) electrons. The largest absolute Gasteiger partial charge is 0.378 e. The molecule has 1 saturated heterocycles. The molecule has 2 heterocycles. The number of amides is 3. The highest BCUT2D eigenvalue weighted by atomic mass is 16.5. The minimum atomic E-state index is -0.732. The van der Waals surface area contributed by atoms with Gasteiger partial charge in [0.15, 0.2) is 6.17 Å². The van der Waals surface area contributed by atoms with Crippen molar-refractivity contribution in [2.24, 2.45) is 0 Å². The molecule has 0 spiro atoms. The van der Waals surface area contributed by atoms with Gasteiger partial charge >= 0.3 is 0 Å². The van der Waals surface area contributed by atoms with Gasteiger partial charge in [0.25, 0.3) is 17.7 Å². The highest BCUT2D eigenvalue weighted by Gasteiger charge is 2.28. The molecule has 2 aliphatic rings. The van der Waals surface area contributed by atoms with Crippen LogP contribution in [0.5, 0.6) is 0 Å². The van der Waals surface area contributed by atoms with Gasteiger partial charge in [-0.3, -0.25) is 14.4 Å². The maximum atomic E-state index is 13.1. The summed E-state index contributed by atoms with van der Waals surface area (Å²) in [6, 6.07) is 20.5. The lowest BCUT2D eigenvalue weighted by atomic mass is 9.86. The third-order valence-corrected chi connectivity index (χ3v) is 7.84. The van der Waals surface area contributed by atoms with Crippen molar-refractivity contribution in [1.82, 2.24) is 15.1 Å². The lowest BCUT2D eigenvalue weighted by Crippen LogP contribution is -2.51. The topological polar surface area (TPSA) is 103 Å². The number of nitrogens with one attached hydrogen (secondary N) is 3. The molecule has 2 aliphatic heterocycles. The van der Waals surface area contributed by atoms with Crippen molar-refractivity contribution in [3.05, 3.63) is 101 Å². The fourth-order valence-corrected chi connectivity index (χ4v) is 5.16. The minimum Gasteiger partial charge on any atom is -0.378 e. The Balaban J connectivity index is 1.29. The van der Waals surface area contributed by atoms with Gasteiger partial charge in [0.05, 0.1) is 18.9 Å². The Morgan fingerprint density at radius 3 is 2.23 bits per heavy atom. The predicted molar refractivity (Wildman–Crippen MR) is 169 cm³/mol. The van der Waals surface area contributed by atoms with Gasteiger partial charge < -0.3 is 30.5 Å². The van der Waals surface area contributed by atoms with Crippen LogP contribution in [0.15, 0.2) is 72.9 Å². The van der Waals surface area contributed by atoms with Gasteiger partial charge in [0.2, 0.25) is 0 Å². The number of hydrogen-bond acceptors (Lipinski definition) is 6. The van der Waals surface area contributed by atoms with Crippen molar-refractivity contribution < 1.29 is 19.1 Å². The van der Waals surface area contributed by atoms with Crippen molar-refractivity contribution >= 4 is 34.8 Å². The molecule has 0 saturated carbocycles. The first-order chi connectivity index (χ1) is 20.5. The number of carbonyl (C=O) groups is 3. The fourth-order valence-electron chi connectivity index (χ4n) is 5.16. The Bertz CT molecular complexity index is 1530. The second-order valence-electron chi connectivity index (χ2n) is 12.0. The van der Waals surface area contributed by atoms with Crippen molar-refractivity contribution in [1.29, 1.82) is 0 Å². The van der Waals surface area contributed by atoms with Crippen molar-refractivity contribution in [3.8, 4) is 0 Å². The van der Waals surface area contributed by atoms with Crippen LogP contribution in [0, 0.1) is 6.92 Å². The number of carbonyl (C=O) groups excluding carboxylic acids is 3. The number of ether oxygens (including phenoxy) is 1. The van der Waals surface area contributed by atoms with Crippen LogP contribution >= 0.6 is 0 Å². The Hall–Kier alpha value is -4.63. The fraction of sp³-hybridized carbons (Fsp3) is 0.324. The molecule has 1 unspecified atom stereocenters. The maximum Gasteiger partial charge on any atom is 0.269 e. The van der Waals surface area contributed by atoms with E-state index in [0.717, 1.165) is 22.4 Å². The van der Waals surface area contributed by atoms with Gasteiger partial charge in [-0.2, -0.15) is 0 Å². The highest BCUT2D eigenvalue weighted by molar-refractivity contribution is 6.05. The number of hydrogen-bond donors (Lipinski definition) is 3. The van der Waals surface area contributed by atoms with Crippen molar-refractivity contribution in [2.45, 2.75) is 39.3 Å². The Morgan fingerprint density at radius 2 is 1.58 bits per heavy atom. The Kier molecular flexibility index (Phi) is 8.54. The van der Waals surface area contributed by atoms with Crippen LogP contribution in [0.4, 0.5) is 11.4 Å². The predicted octanol–water partition coefficient (Wildman–Crippen LogP) is 4.82. The lowest BCUT2D eigenvalue weighted by Gasteiger charge is -2.32. The Labute approximate surface area is 252 Å². The molecule has 1 fully saturated rings. The summed E-state index contributed by atoms with van der Waals surface area (Å²) in [6.45, 7) is 10.6. The average Bonchev–Trinajstić information content (AvgIpc) is 3.00. The highest BCUT2D eigenvalue weighted by Crippen LogP contribution is 2.28. The number of morpholine rings is 1. The zero-order valence-electron chi connectivity index (χ0n) is 25.4. The number of nitrogens with zero attached hydrogens (tertiary/aromatic N) is 2. The second-order valence-corrected chi connectivity index (χ2v) is 12.0. The molecule has 3 aromatic rings. The Morgan fingerprint density at radius 1 is 0.930 bits per heavy atom. The molecule has 3 aromatic carbocycles. The number of benzene rings is 3. The van der Waals surface area contributed by atoms with Gasteiger partial charge in [0.1, 0.15) is 0 Å². The second kappa shape index (κ2) is 12.3. The molecule has 9 heteroatoms. The molecule has 1 atom stereocenters. The number of likely N-dealkylation sites (N-methyl/N-ethyl adjacent to an activating group) is 1. The van der Waals surface area contributed by atoms with Gasteiger partial charge in [0, 0.05) is 54.4 Å². The first-order valence-corrected chi connectivity index (χ1v) is 14.5. The molecule has 0 aromatic heterocycles. The van der Waals surface area contributed by atoms with Gasteiger partial charge in [-0.1, -0.05) is 45.0 Å². The van der Waals surface area contributed by atoms with E-state index in [0.29, 0.717) is 48.8 Å². The smallest absolute Gasteiger partial charge is 0.269 e. The van der Waals surface area contributed by atoms with E-state index < -0.39 is 6.17 Å². The molecule has 5 rings (SSSR count). The number of anilines is 2. The zero-order chi connectivity index (χ0) is 30.7. The molecule has 0 aliphatic carbocycles. The summed E-state index contributed by atoms with van der Waals surface area (Å²) >= 11 is 0. The lowest BCUT2D eigenvalue weighted by molar-refractivity contribution is -0.129. The summed E-state index contributed by atoms with van der Waals surface area (Å²) in [5, 5.41) is 9.61. The molecule has 3 N–H and O–H groups in total. The van der Waals surface area contributed by atoms with Crippen LogP contribution < -0.4 is 16.0 Å². The first-order valence-electron chi connectivity index (χ1n) is 14.5. The summed E-state index contributed by atoms with van der Waals surface area (Å²) in [5.74, 6) is -0.372. The van der Waals surface area contributed by atoms with E-state index in [9.17, 15) is 14.4 Å². The third kappa shape index (κ3) is 6.73. The van der Waals surface area contributed by atoms with Crippen LogP contribution in [0.3, 0.4) is 0 Å². The monoisotopic (exact) mass is 581 g/mol. The van der Waals surface area contributed by atoms with E-state index in [2.05, 4.69) is 36.7 Å². The van der Waals surface area contributed by atoms with Crippen molar-refractivity contribution in [2.75, 3.05) is 44.0 Å². The first kappa shape index (κ1) is 29.8. The molecular formula is C34H39N5O4. The number of rotatable bonds is 6. The zero-order valence-corrected chi connectivity index (χ0v) is 25.4. The molecular weight excluding hydrogens is 542 g/mol. The van der Waals surface area contributed by atoms with Crippen molar-refractivity contribution in [3.63, 3.8) is 0 Å². The van der Waals surface area contributed by atoms with Gasteiger partial charge in [-0.15, -0.1) is 0 Å².